The zero-order valence-electron chi connectivity index (χ0n) is 16.1. The standard InChI is InChI=1S/C21H19IN2O6/c1-2-29-18-10-14(9-16-20(27)24(11-19(25)26)21(28)23-16)5-8-17(18)30-12-13-3-6-15(22)7-4-13/h3-10H,2,11-12H2,1H3,(H,23,28)(H,25,26)/b16-9+. The summed E-state index contributed by atoms with van der Waals surface area (Å²) in [6, 6.07) is 12.3. The van der Waals surface area contributed by atoms with Crippen molar-refractivity contribution in [2.45, 2.75) is 13.5 Å². The van der Waals surface area contributed by atoms with Gasteiger partial charge < -0.3 is 19.9 Å². The monoisotopic (exact) mass is 522 g/mol. The lowest BCUT2D eigenvalue weighted by molar-refractivity contribution is -0.140. The smallest absolute Gasteiger partial charge is 0.329 e. The van der Waals surface area contributed by atoms with Crippen molar-refractivity contribution in [3.8, 4) is 11.5 Å². The van der Waals surface area contributed by atoms with E-state index in [0.29, 0.717) is 35.2 Å². The summed E-state index contributed by atoms with van der Waals surface area (Å²) < 4.78 is 12.7. The van der Waals surface area contributed by atoms with Crippen molar-refractivity contribution >= 4 is 46.6 Å². The molecule has 2 N–H and O–H groups in total. The molecule has 2 aromatic rings. The molecule has 0 saturated carbocycles. The van der Waals surface area contributed by atoms with Gasteiger partial charge in [0, 0.05) is 3.57 Å². The number of rotatable bonds is 8. The number of amides is 3. The molecule has 0 unspecified atom stereocenters. The maximum absolute atomic E-state index is 12.3. The Kier molecular flexibility index (Phi) is 6.93. The first-order valence-corrected chi connectivity index (χ1v) is 10.2. The topological polar surface area (TPSA) is 105 Å². The molecule has 0 aromatic heterocycles. The van der Waals surface area contributed by atoms with Crippen molar-refractivity contribution < 1.29 is 29.0 Å². The lowest BCUT2D eigenvalue weighted by Crippen LogP contribution is -2.35. The van der Waals surface area contributed by atoms with Crippen LogP contribution in [0.3, 0.4) is 0 Å². The first-order chi connectivity index (χ1) is 14.4. The third kappa shape index (κ3) is 5.29. The van der Waals surface area contributed by atoms with Crippen LogP contribution in [0.1, 0.15) is 18.1 Å². The maximum Gasteiger partial charge on any atom is 0.329 e. The van der Waals surface area contributed by atoms with E-state index in [9.17, 15) is 14.4 Å². The SMILES string of the molecule is CCOc1cc(/C=C2/NC(=O)N(CC(=O)O)C2=O)ccc1OCc1ccc(I)cc1. The van der Waals surface area contributed by atoms with Gasteiger partial charge in [-0.15, -0.1) is 0 Å². The van der Waals surface area contributed by atoms with Crippen LogP contribution in [-0.2, 0) is 16.2 Å². The molecule has 0 bridgehead atoms. The molecule has 1 heterocycles. The number of carboxylic acid groups (broad SMARTS) is 1. The molecule has 0 atom stereocenters. The van der Waals surface area contributed by atoms with Crippen LogP contribution in [0, 0.1) is 3.57 Å². The van der Waals surface area contributed by atoms with Gasteiger partial charge in [0.15, 0.2) is 11.5 Å². The summed E-state index contributed by atoms with van der Waals surface area (Å²) >= 11 is 2.24. The predicted molar refractivity (Wildman–Crippen MR) is 117 cm³/mol. The van der Waals surface area contributed by atoms with Crippen molar-refractivity contribution in [3.05, 3.63) is 62.9 Å². The van der Waals surface area contributed by atoms with E-state index in [1.807, 2.05) is 31.2 Å². The van der Waals surface area contributed by atoms with Crippen molar-refractivity contribution in [2.24, 2.45) is 0 Å². The van der Waals surface area contributed by atoms with E-state index in [2.05, 4.69) is 27.9 Å². The highest BCUT2D eigenvalue weighted by molar-refractivity contribution is 14.1. The number of imide groups is 1. The van der Waals surface area contributed by atoms with Gasteiger partial charge in [-0.05, 0) is 71.0 Å². The number of carboxylic acids is 1. The Balaban J connectivity index is 1.78. The average Bonchev–Trinajstić information content (AvgIpc) is 2.96. The van der Waals surface area contributed by atoms with Crippen LogP contribution in [0.5, 0.6) is 11.5 Å². The number of carbonyl (C=O) groups excluding carboxylic acids is 2. The number of halogens is 1. The molecule has 1 aliphatic rings. The predicted octanol–water partition coefficient (Wildman–Crippen LogP) is 3.25. The number of nitrogens with one attached hydrogen (secondary N) is 1. The van der Waals surface area contributed by atoms with E-state index in [1.54, 1.807) is 18.2 Å². The molecule has 8 nitrogen and oxygen atoms in total. The Hall–Kier alpha value is -3.08. The Bertz CT molecular complexity index is 1000. The van der Waals surface area contributed by atoms with E-state index >= 15 is 0 Å². The second kappa shape index (κ2) is 9.61. The van der Waals surface area contributed by atoms with Crippen LogP contribution in [0.25, 0.3) is 6.08 Å². The fourth-order valence-electron chi connectivity index (χ4n) is 2.76. The van der Waals surface area contributed by atoms with Crippen molar-refractivity contribution in [2.75, 3.05) is 13.2 Å². The number of hydrogen-bond donors (Lipinski definition) is 2. The van der Waals surface area contributed by atoms with E-state index in [0.717, 1.165) is 9.13 Å². The maximum atomic E-state index is 12.3. The number of nitrogens with zero attached hydrogens (tertiary/aromatic N) is 1. The number of urea groups is 1. The number of carbonyl (C=O) groups is 3. The highest BCUT2D eigenvalue weighted by Gasteiger charge is 2.34. The van der Waals surface area contributed by atoms with Crippen LogP contribution in [0.2, 0.25) is 0 Å². The first kappa shape index (κ1) is 21.6. The molecule has 3 amide bonds. The Morgan fingerprint density at radius 2 is 1.87 bits per heavy atom. The molecule has 3 rings (SSSR count). The van der Waals surface area contributed by atoms with Gasteiger partial charge in [0.25, 0.3) is 5.91 Å². The van der Waals surface area contributed by atoms with Gasteiger partial charge in [-0.3, -0.25) is 9.59 Å². The van der Waals surface area contributed by atoms with Crippen LogP contribution >= 0.6 is 22.6 Å². The summed E-state index contributed by atoms with van der Waals surface area (Å²) in [5.41, 5.74) is 1.61. The summed E-state index contributed by atoms with van der Waals surface area (Å²) in [5, 5.41) is 11.2. The molecule has 30 heavy (non-hydrogen) atoms. The molecule has 2 aromatic carbocycles. The normalized spacial score (nSPS) is 14.7. The Labute approximate surface area is 186 Å². The molecular formula is C21H19IN2O6. The van der Waals surface area contributed by atoms with Gasteiger partial charge in [0.05, 0.1) is 6.61 Å². The third-order valence-electron chi connectivity index (χ3n) is 4.14. The Morgan fingerprint density at radius 3 is 2.53 bits per heavy atom. The number of aliphatic carboxylic acids is 1. The summed E-state index contributed by atoms with van der Waals surface area (Å²) in [4.78, 5) is 35.6. The molecule has 9 heteroatoms. The molecule has 0 aliphatic carbocycles. The van der Waals surface area contributed by atoms with Crippen molar-refractivity contribution in [1.82, 2.24) is 10.2 Å². The minimum Gasteiger partial charge on any atom is -0.490 e. The van der Waals surface area contributed by atoms with Gasteiger partial charge in [-0.1, -0.05) is 18.2 Å². The van der Waals surface area contributed by atoms with Gasteiger partial charge in [-0.25, -0.2) is 9.69 Å². The van der Waals surface area contributed by atoms with E-state index in [1.165, 1.54) is 6.08 Å². The summed E-state index contributed by atoms with van der Waals surface area (Å²) in [6.45, 7) is 1.94. The summed E-state index contributed by atoms with van der Waals surface area (Å²) in [6.07, 6.45) is 1.47. The fourth-order valence-corrected chi connectivity index (χ4v) is 3.12. The second-order valence-electron chi connectivity index (χ2n) is 6.33. The highest BCUT2D eigenvalue weighted by atomic mass is 127. The molecule has 156 valence electrons. The molecular weight excluding hydrogens is 503 g/mol. The first-order valence-electron chi connectivity index (χ1n) is 9.07. The van der Waals surface area contributed by atoms with E-state index < -0.39 is 24.5 Å². The minimum atomic E-state index is -1.27. The van der Waals surface area contributed by atoms with Crippen molar-refractivity contribution in [3.63, 3.8) is 0 Å². The zero-order valence-corrected chi connectivity index (χ0v) is 18.2. The van der Waals surface area contributed by atoms with Crippen LogP contribution in [0.4, 0.5) is 4.79 Å². The van der Waals surface area contributed by atoms with Crippen molar-refractivity contribution in [1.29, 1.82) is 0 Å². The largest absolute Gasteiger partial charge is 0.490 e. The number of hydrogen-bond acceptors (Lipinski definition) is 5. The minimum absolute atomic E-state index is 0.00347. The molecule has 0 radical (unpaired) electrons. The van der Waals surface area contributed by atoms with Gasteiger partial charge >= 0.3 is 12.0 Å². The molecule has 1 aliphatic heterocycles. The third-order valence-corrected chi connectivity index (χ3v) is 4.86. The highest BCUT2D eigenvalue weighted by Crippen LogP contribution is 2.30. The lowest BCUT2D eigenvalue weighted by Gasteiger charge is -2.13. The van der Waals surface area contributed by atoms with Crippen LogP contribution < -0.4 is 14.8 Å². The van der Waals surface area contributed by atoms with Crippen LogP contribution in [-0.4, -0.2) is 41.1 Å². The van der Waals surface area contributed by atoms with E-state index in [-0.39, 0.29) is 5.70 Å². The van der Waals surface area contributed by atoms with Gasteiger partial charge in [-0.2, -0.15) is 0 Å². The number of benzene rings is 2. The fraction of sp³-hybridized carbons (Fsp3) is 0.190. The summed E-state index contributed by atoms with van der Waals surface area (Å²) in [5.74, 6) is -0.921. The molecule has 1 fully saturated rings. The second-order valence-corrected chi connectivity index (χ2v) is 7.57. The zero-order chi connectivity index (χ0) is 21.7. The molecule has 1 saturated heterocycles. The van der Waals surface area contributed by atoms with E-state index in [4.69, 9.17) is 14.6 Å². The number of ether oxygens (including phenoxy) is 2. The average molecular weight is 522 g/mol. The van der Waals surface area contributed by atoms with Crippen LogP contribution in [0.15, 0.2) is 48.2 Å². The van der Waals surface area contributed by atoms with Gasteiger partial charge in [0.2, 0.25) is 0 Å². The van der Waals surface area contributed by atoms with Gasteiger partial charge in [0.1, 0.15) is 18.8 Å². The Morgan fingerprint density at radius 1 is 1.13 bits per heavy atom. The summed E-state index contributed by atoms with van der Waals surface area (Å²) in [7, 11) is 0. The lowest BCUT2D eigenvalue weighted by atomic mass is 10.1. The quantitative estimate of drug-likeness (QED) is 0.314. The molecule has 0 spiro atoms.